The Morgan fingerprint density at radius 3 is 2.88 bits per heavy atom. The molecule has 0 N–H and O–H groups in total. The Hall–Kier alpha value is -1.03. The molecule has 1 aliphatic heterocycles. The molecule has 0 unspecified atom stereocenters. The van der Waals surface area contributed by atoms with Crippen LogP contribution in [0.15, 0.2) is 27.2 Å². The molecular formula is C15H20N4O2S3. The zero-order chi connectivity index (χ0) is 16.8. The van der Waals surface area contributed by atoms with E-state index in [2.05, 4.69) is 32.6 Å². The summed E-state index contributed by atoms with van der Waals surface area (Å²) in [6.07, 6.45) is 1.98. The minimum atomic E-state index is 0.139. The maximum Gasteiger partial charge on any atom is 0.277 e. The molecule has 2 aromatic heterocycles. The molecule has 3 heterocycles. The third-order valence-electron chi connectivity index (χ3n) is 3.72. The standard InChI is InChI=1S/C15H20N4O2S3/c1-22-10-13-16-17-15(21-13)24-11-14(20)19-6-4-18(5-7-19)9-12-3-2-8-23-12/h2-3,8H,4-7,9-11H2,1H3. The van der Waals surface area contributed by atoms with Crippen LogP contribution in [-0.2, 0) is 17.1 Å². The summed E-state index contributed by atoms with van der Waals surface area (Å²) < 4.78 is 5.48. The average molecular weight is 385 g/mol. The summed E-state index contributed by atoms with van der Waals surface area (Å²) in [6, 6.07) is 4.24. The number of aromatic nitrogens is 2. The van der Waals surface area contributed by atoms with Crippen LogP contribution in [0.1, 0.15) is 10.8 Å². The van der Waals surface area contributed by atoms with Crippen molar-refractivity contribution in [2.24, 2.45) is 0 Å². The maximum absolute atomic E-state index is 12.3. The van der Waals surface area contributed by atoms with Gasteiger partial charge in [-0.15, -0.1) is 21.5 Å². The molecular weight excluding hydrogens is 364 g/mol. The van der Waals surface area contributed by atoms with Crippen LogP contribution in [0.5, 0.6) is 0 Å². The number of thioether (sulfide) groups is 2. The van der Waals surface area contributed by atoms with Gasteiger partial charge >= 0.3 is 0 Å². The van der Waals surface area contributed by atoms with Crippen LogP contribution in [0.25, 0.3) is 0 Å². The van der Waals surface area contributed by atoms with Crippen LogP contribution in [0.4, 0.5) is 0 Å². The van der Waals surface area contributed by atoms with Crippen LogP contribution >= 0.6 is 34.9 Å². The van der Waals surface area contributed by atoms with Gasteiger partial charge in [0.15, 0.2) is 0 Å². The van der Waals surface area contributed by atoms with E-state index in [0.29, 0.717) is 22.6 Å². The van der Waals surface area contributed by atoms with E-state index in [0.717, 1.165) is 32.7 Å². The highest BCUT2D eigenvalue weighted by Crippen LogP contribution is 2.19. The Bertz CT molecular complexity index is 639. The number of carbonyl (C=O) groups excluding carboxylic acids is 1. The lowest BCUT2D eigenvalue weighted by Gasteiger charge is -2.34. The van der Waals surface area contributed by atoms with Crippen molar-refractivity contribution in [3.05, 3.63) is 28.3 Å². The van der Waals surface area contributed by atoms with E-state index < -0.39 is 0 Å². The van der Waals surface area contributed by atoms with Crippen molar-refractivity contribution < 1.29 is 9.21 Å². The monoisotopic (exact) mass is 384 g/mol. The molecule has 1 aliphatic rings. The lowest BCUT2D eigenvalue weighted by atomic mass is 10.3. The molecule has 0 aliphatic carbocycles. The molecule has 9 heteroatoms. The van der Waals surface area contributed by atoms with Crippen molar-refractivity contribution in [2.75, 3.05) is 38.2 Å². The van der Waals surface area contributed by atoms with Crippen LogP contribution in [-0.4, -0.2) is 64.1 Å². The first-order chi connectivity index (χ1) is 11.7. The maximum atomic E-state index is 12.3. The van der Waals surface area contributed by atoms with E-state index in [9.17, 15) is 4.79 Å². The normalized spacial score (nSPS) is 15.8. The molecule has 24 heavy (non-hydrogen) atoms. The van der Waals surface area contributed by atoms with Gasteiger partial charge in [-0.25, -0.2) is 0 Å². The van der Waals surface area contributed by atoms with Gasteiger partial charge in [0.05, 0.1) is 11.5 Å². The summed E-state index contributed by atoms with van der Waals surface area (Å²) in [5.74, 6) is 1.81. The molecule has 6 nitrogen and oxygen atoms in total. The number of hydrogen-bond acceptors (Lipinski definition) is 8. The molecule has 0 spiro atoms. The summed E-state index contributed by atoms with van der Waals surface area (Å²) in [4.78, 5) is 18.0. The van der Waals surface area contributed by atoms with Crippen molar-refractivity contribution in [1.29, 1.82) is 0 Å². The highest BCUT2D eigenvalue weighted by Gasteiger charge is 2.22. The van der Waals surface area contributed by atoms with Gasteiger partial charge in [-0.05, 0) is 17.7 Å². The molecule has 0 atom stereocenters. The van der Waals surface area contributed by atoms with E-state index in [4.69, 9.17) is 4.42 Å². The fourth-order valence-electron chi connectivity index (χ4n) is 2.47. The molecule has 0 bridgehead atoms. The predicted octanol–water partition coefficient (Wildman–Crippen LogP) is 2.43. The first-order valence-corrected chi connectivity index (χ1v) is 11.0. The van der Waals surface area contributed by atoms with Gasteiger partial charge in [-0.3, -0.25) is 9.69 Å². The average Bonchev–Trinajstić information content (AvgIpc) is 3.26. The van der Waals surface area contributed by atoms with E-state index in [1.807, 2.05) is 11.2 Å². The van der Waals surface area contributed by atoms with Crippen molar-refractivity contribution in [2.45, 2.75) is 17.5 Å². The Kier molecular flexibility index (Phi) is 6.59. The minimum Gasteiger partial charge on any atom is -0.415 e. The zero-order valence-electron chi connectivity index (χ0n) is 13.5. The number of carbonyl (C=O) groups is 1. The van der Waals surface area contributed by atoms with E-state index in [1.165, 1.54) is 16.6 Å². The molecule has 3 rings (SSSR count). The summed E-state index contributed by atoms with van der Waals surface area (Å²) in [5, 5.41) is 10.5. The Morgan fingerprint density at radius 2 is 2.17 bits per heavy atom. The fraction of sp³-hybridized carbons (Fsp3) is 0.533. The van der Waals surface area contributed by atoms with E-state index in [-0.39, 0.29) is 5.91 Å². The molecule has 0 saturated carbocycles. The molecule has 0 radical (unpaired) electrons. The second-order valence-corrected chi connectivity index (χ2v) is 8.24. The number of amides is 1. The van der Waals surface area contributed by atoms with Crippen molar-refractivity contribution in [3.63, 3.8) is 0 Å². The topological polar surface area (TPSA) is 62.5 Å². The van der Waals surface area contributed by atoms with Gasteiger partial charge in [-0.1, -0.05) is 17.8 Å². The van der Waals surface area contributed by atoms with Crippen LogP contribution in [0, 0.1) is 0 Å². The minimum absolute atomic E-state index is 0.139. The predicted molar refractivity (Wildman–Crippen MR) is 98.4 cm³/mol. The number of hydrogen-bond donors (Lipinski definition) is 0. The molecule has 1 saturated heterocycles. The number of thiophene rings is 1. The summed E-state index contributed by atoms with van der Waals surface area (Å²) >= 11 is 4.74. The second-order valence-electron chi connectivity index (χ2n) is 5.42. The SMILES string of the molecule is CSCc1nnc(SCC(=O)N2CCN(Cc3cccs3)CC2)o1. The highest BCUT2D eigenvalue weighted by molar-refractivity contribution is 7.99. The molecule has 1 fully saturated rings. The molecule has 2 aromatic rings. The first kappa shape index (κ1) is 17.8. The quantitative estimate of drug-likeness (QED) is 0.679. The van der Waals surface area contributed by atoms with Gasteiger partial charge < -0.3 is 9.32 Å². The Morgan fingerprint density at radius 1 is 1.33 bits per heavy atom. The van der Waals surface area contributed by atoms with Gasteiger partial charge in [0.1, 0.15) is 0 Å². The van der Waals surface area contributed by atoms with Crippen molar-refractivity contribution in [1.82, 2.24) is 20.0 Å². The number of nitrogens with zero attached hydrogens (tertiary/aromatic N) is 4. The van der Waals surface area contributed by atoms with E-state index >= 15 is 0 Å². The number of piperazine rings is 1. The lowest BCUT2D eigenvalue weighted by Crippen LogP contribution is -2.48. The lowest BCUT2D eigenvalue weighted by molar-refractivity contribution is -0.130. The third-order valence-corrected chi connectivity index (χ3v) is 5.92. The van der Waals surface area contributed by atoms with Gasteiger partial charge in [0.2, 0.25) is 11.8 Å². The molecule has 0 aromatic carbocycles. The smallest absolute Gasteiger partial charge is 0.277 e. The van der Waals surface area contributed by atoms with E-state index in [1.54, 1.807) is 23.1 Å². The third kappa shape index (κ3) is 4.98. The Labute approximate surface area is 154 Å². The highest BCUT2D eigenvalue weighted by atomic mass is 32.2. The largest absolute Gasteiger partial charge is 0.415 e. The van der Waals surface area contributed by atoms with Crippen LogP contribution in [0.2, 0.25) is 0 Å². The number of rotatable bonds is 7. The van der Waals surface area contributed by atoms with Gasteiger partial charge in [0, 0.05) is 37.6 Å². The zero-order valence-corrected chi connectivity index (χ0v) is 16.0. The summed E-state index contributed by atoms with van der Waals surface area (Å²) in [5.41, 5.74) is 0. The van der Waals surface area contributed by atoms with Crippen molar-refractivity contribution in [3.8, 4) is 0 Å². The first-order valence-electron chi connectivity index (χ1n) is 7.71. The second kappa shape index (κ2) is 8.89. The van der Waals surface area contributed by atoms with Crippen molar-refractivity contribution >= 4 is 40.8 Å². The van der Waals surface area contributed by atoms with Crippen LogP contribution < -0.4 is 0 Å². The van der Waals surface area contributed by atoms with Gasteiger partial charge in [-0.2, -0.15) is 11.8 Å². The fourth-order valence-corrected chi connectivity index (χ4v) is 4.26. The van der Waals surface area contributed by atoms with Gasteiger partial charge in [0.25, 0.3) is 5.22 Å². The molecule has 1 amide bonds. The Balaban J connectivity index is 1.40. The molecule has 130 valence electrons. The summed E-state index contributed by atoms with van der Waals surface area (Å²) in [6.45, 7) is 4.40. The summed E-state index contributed by atoms with van der Waals surface area (Å²) in [7, 11) is 0. The van der Waals surface area contributed by atoms with Crippen LogP contribution in [0.3, 0.4) is 0 Å².